The van der Waals surface area contributed by atoms with Crippen molar-refractivity contribution in [2.45, 2.75) is 19.9 Å². The first-order chi connectivity index (χ1) is 6.22. The summed E-state index contributed by atoms with van der Waals surface area (Å²) in [5.41, 5.74) is 7.81. The second-order valence-corrected chi connectivity index (χ2v) is 3.24. The molecule has 13 heavy (non-hydrogen) atoms. The normalized spacial score (nSPS) is 10.2. The third kappa shape index (κ3) is 2.14. The largest absolute Gasteiger partial charge is 0.496 e. The van der Waals surface area contributed by atoms with Crippen LogP contribution >= 0.6 is 11.6 Å². The highest BCUT2D eigenvalue weighted by molar-refractivity contribution is 6.30. The second-order valence-electron chi connectivity index (χ2n) is 2.80. The predicted octanol–water partition coefficient (Wildman–Crippen LogP) is 2.37. The molecule has 0 fully saturated rings. The fraction of sp³-hybridized carbons (Fsp3) is 0.400. The van der Waals surface area contributed by atoms with Crippen LogP contribution in [0.15, 0.2) is 12.1 Å². The Labute approximate surface area is 83.6 Å². The lowest BCUT2D eigenvalue weighted by Crippen LogP contribution is -2.03. The molecule has 0 radical (unpaired) electrons. The molecule has 1 aromatic rings. The van der Waals surface area contributed by atoms with E-state index in [-0.39, 0.29) is 0 Å². The maximum Gasteiger partial charge on any atom is 0.123 e. The zero-order chi connectivity index (χ0) is 9.84. The van der Waals surface area contributed by atoms with Gasteiger partial charge in [0.25, 0.3) is 0 Å². The van der Waals surface area contributed by atoms with Crippen molar-refractivity contribution in [1.29, 1.82) is 0 Å². The Balaban J connectivity index is 3.25. The molecule has 1 aromatic carbocycles. The van der Waals surface area contributed by atoms with Crippen LogP contribution < -0.4 is 10.5 Å². The Morgan fingerprint density at radius 1 is 1.46 bits per heavy atom. The maximum absolute atomic E-state index is 5.90. The molecule has 0 aliphatic heterocycles. The third-order valence-electron chi connectivity index (χ3n) is 2.06. The number of benzene rings is 1. The molecule has 2 nitrogen and oxygen atoms in total. The average molecular weight is 200 g/mol. The van der Waals surface area contributed by atoms with E-state index >= 15 is 0 Å². The van der Waals surface area contributed by atoms with E-state index in [1.165, 1.54) is 0 Å². The first-order valence-corrected chi connectivity index (χ1v) is 4.66. The molecule has 72 valence electrons. The van der Waals surface area contributed by atoms with E-state index in [4.69, 9.17) is 22.1 Å². The van der Waals surface area contributed by atoms with Crippen LogP contribution in [0.25, 0.3) is 0 Å². The van der Waals surface area contributed by atoms with Crippen LogP contribution in [0.1, 0.15) is 18.1 Å². The molecule has 0 spiro atoms. The van der Waals surface area contributed by atoms with Gasteiger partial charge in [0.1, 0.15) is 5.75 Å². The van der Waals surface area contributed by atoms with Gasteiger partial charge in [-0.25, -0.2) is 0 Å². The third-order valence-corrected chi connectivity index (χ3v) is 2.28. The number of nitrogens with two attached hydrogens (primary N) is 1. The summed E-state index contributed by atoms with van der Waals surface area (Å²) in [4.78, 5) is 0. The van der Waals surface area contributed by atoms with E-state index in [1.807, 2.05) is 12.1 Å². The summed E-state index contributed by atoms with van der Waals surface area (Å²) in [6, 6.07) is 3.71. The van der Waals surface area contributed by atoms with Gasteiger partial charge in [-0.3, -0.25) is 0 Å². The number of hydrogen-bond donors (Lipinski definition) is 1. The van der Waals surface area contributed by atoms with E-state index in [9.17, 15) is 0 Å². The van der Waals surface area contributed by atoms with Crippen molar-refractivity contribution in [1.82, 2.24) is 0 Å². The summed E-state index contributed by atoms with van der Waals surface area (Å²) in [6.07, 6.45) is 0.910. The van der Waals surface area contributed by atoms with Crippen molar-refractivity contribution >= 4 is 11.6 Å². The summed E-state index contributed by atoms with van der Waals surface area (Å²) < 4.78 is 5.22. The Hall–Kier alpha value is -0.730. The van der Waals surface area contributed by atoms with Crippen molar-refractivity contribution in [2.75, 3.05) is 7.11 Å². The minimum atomic E-state index is 0.500. The summed E-state index contributed by atoms with van der Waals surface area (Å²) >= 11 is 5.90. The van der Waals surface area contributed by atoms with Gasteiger partial charge in [0.15, 0.2) is 0 Å². The number of rotatable bonds is 3. The maximum atomic E-state index is 5.90. The zero-order valence-electron chi connectivity index (χ0n) is 7.93. The SMILES string of the molecule is CCc1c(CN)cc(Cl)cc1OC. The number of methoxy groups -OCH3 is 1. The van der Waals surface area contributed by atoms with Crippen molar-refractivity contribution in [3.05, 3.63) is 28.3 Å². The lowest BCUT2D eigenvalue weighted by Gasteiger charge is -2.11. The van der Waals surface area contributed by atoms with Gasteiger partial charge in [0, 0.05) is 11.6 Å². The zero-order valence-corrected chi connectivity index (χ0v) is 8.69. The smallest absolute Gasteiger partial charge is 0.123 e. The van der Waals surface area contributed by atoms with Crippen LogP contribution in [0, 0.1) is 0 Å². The fourth-order valence-electron chi connectivity index (χ4n) is 1.43. The van der Waals surface area contributed by atoms with E-state index < -0.39 is 0 Å². The van der Waals surface area contributed by atoms with Gasteiger partial charge >= 0.3 is 0 Å². The summed E-state index contributed by atoms with van der Waals surface area (Å²) in [6.45, 7) is 2.57. The predicted molar refractivity (Wildman–Crippen MR) is 55.3 cm³/mol. The second kappa shape index (κ2) is 4.49. The van der Waals surface area contributed by atoms with Crippen LogP contribution in [-0.2, 0) is 13.0 Å². The Morgan fingerprint density at radius 3 is 2.62 bits per heavy atom. The molecular weight excluding hydrogens is 186 g/mol. The molecule has 0 aliphatic carbocycles. The topological polar surface area (TPSA) is 35.2 Å². The molecule has 2 N–H and O–H groups in total. The van der Waals surface area contributed by atoms with Crippen molar-refractivity contribution in [3.8, 4) is 5.75 Å². The first kappa shape index (κ1) is 10.4. The van der Waals surface area contributed by atoms with Gasteiger partial charge in [-0.1, -0.05) is 18.5 Å². The quantitative estimate of drug-likeness (QED) is 0.811. The summed E-state index contributed by atoms with van der Waals surface area (Å²) in [7, 11) is 1.64. The van der Waals surface area contributed by atoms with E-state index in [1.54, 1.807) is 7.11 Å². The van der Waals surface area contributed by atoms with Crippen LogP contribution in [-0.4, -0.2) is 7.11 Å². The van der Waals surface area contributed by atoms with Crippen LogP contribution in [0.5, 0.6) is 5.75 Å². The monoisotopic (exact) mass is 199 g/mol. The van der Waals surface area contributed by atoms with Gasteiger partial charge in [-0.05, 0) is 29.7 Å². The van der Waals surface area contributed by atoms with E-state index in [2.05, 4.69) is 6.92 Å². The van der Waals surface area contributed by atoms with Crippen LogP contribution in [0.2, 0.25) is 5.02 Å². The van der Waals surface area contributed by atoms with Gasteiger partial charge in [-0.15, -0.1) is 0 Å². The Morgan fingerprint density at radius 2 is 2.15 bits per heavy atom. The molecule has 0 heterocycles. The molecule has 0 unspecified atom stereocenters. The lowest BCUT2D eigenvalue weighted by molar-refractivity contribution is 0.409. The highest BCUT2D eigenvalue weighted by Gasteiger charge is 2.07. The summed E-state index contributed by atoms with van der Waals surface area (Å²) in [5, 5.41) is 0.675. The Bertz CT molecular complexity index is 274. The molecule has 0 saturated heterocycles. The first-order valence-electron chi connectivity index (χ1n) is 4.28. The molecule has 1 rings (SSSR count). The fourth-order valence-corrected chi connectivity index (χ4v) is 1.66. The number of halogens is 1. The highest BCUT2D eigenvalue weighted by atomic mass is 35.5. The molecular formula is C10H14ClNO. The van der Waals surface area contributed by atoms with Gasteiger partial charge in [0.2, 0.25) is 0 Å². The molecule has 0 bridgehead atoms. The van der Waals surface area contributed by atoms with Gasteiger partial charge in [0.05, 0.1) is 7.11 Å². The molecule has 3 heteroatoms. The highest BCUT2D eigenvalue weighted by Crippen LogP contribution is 2.27. The molecule has 0 saturated carbocycles. The number of ether oxygens (including phenoxy) is 1. The van der Waals surface area contributed by atoms with E-state index in [0.717, 1.165) is 23.3 Å². The molecule has 0 amide bonds. The van der Waals surface area contributed by atoms with Crippen molar-refractivity contribution in [3.63, 3.8) is 0 Å². The number of hydrogen-bond acceptors (Lipinski definition) is 2. The van der Waals surface area contributed by atoms with Gasteiger partial charge < -0.3 is 10.5 Å². The van der Waals surface area contributed by atoms with Crippen LogP contribution in [0.3, 0.4) is 0 Å². The Kier molecular flexibility index (Phi) is 3.58. The molecule has 0 aromatic heterocycles. The van der Waals surface area contributed by atoms with Gasteiger partial charge in [-0.2, -0.15) is 0 Å². The molecule has 0 atom stereocenters. The van der Waals surface area contributed by atoms with Crippen molar-refractivity contribution < 1.29 is 4.74 Å². The average Bonchev–Trinajstić information content (AvgIpc) is 2.16. The summed E-state index contributed by atoms with van der Waals surface area (Å²) in [5.74, 6) is 0.829. The minimum absolute atomic E-state index is 0.500. The van der Waals surface area contributed by atoms with Crippen LogP contribution in [0.4, 0.5) is 0 Å². The van der Waals surface area contributed by atoms with E-state index in [0.29, 0.717) is 11.6 Å². The lowest BCUT2D eigenvalue weighted by atomic mass is 10.0. The van der Waals surface area contributed by atoms with Crippen molar-refractivity contribution in [2.24, 2.45) is 5.73 Å². The standard InChI is InChI=1S/C10H14ClNO/c1-3-9-7(6-12)4-8(11)5-10(9)13-2/h4-5H,3,6,12H2,1-2H3. The minimum Gasteiger partial charge on any atom is -0.496 e. The molecule has 0 aliphatic rings.